The van der Waals surface area contributed by atoms with Gasteiger partial charge in [0.15, 0.2) is 5.69 Å². The van der Waals surface area contributed by atoms with Crippen LogP contribution in [-0.2, 0) is 19.6 Å². The number of aryl methyl sites for hydroxylation is 1. The van der Waals surface area contributed by atoms with Gasteiger partial charge >= 0.3 is 6.18 Å². The maximum Gasteiger partial charge on any atom is 0.435 e. The molecule has 1 atom stereocenters. The highest BCUT2D eigenvalue weighted by Gasteiger charge is 2.39. The molecule has 0 aliphatic carbocycles. The van der Waals surface area contributed by atoms with Crippen LogP contribution >= 0.6 is 0 Å². The van der Waals surface area contributed by atoms with Crippen LogP contribution in [0.15, 0.2) is 42.7 Å². The number of methoxy groups -OCH3 is 1. The summed E-state index contributed by atoms with van der Waals surface area (Å²) >= 11 is 0. The van der Waals surface area contributed by atoms with E-state index in [-0.39, 0.29) is 17.5 Å². The molecule has 0 spiro atoms. The number of benzene rings is 1. The van der Waals surface area contributed by atoms with Crippen molar-refractivity contribution >= 4 is 5.91 Å². The maximum atomic E-state index is 13.5. The van der Waals surface area contributed by atoms with Gasteiger partial charge in [0.1, 0.15) is 5.75 Å². The van der Waals surface area contributed by atoms with Crippen LogP contribution in [0.3, 0.4) is 0 Å². The average Bonchev–Trinajstić information content (AvgIpc) is 3.15. The molecular formula is C22H21F3N4O2. The first-order valence-electron chi connectivity index (χ1n) is 9.74. The zero-order valence-electron chi connectivity index (χ0n) is 17.3. The summed E-state index contributed by atoms with van der Waals surface area (Å²) in [4.78, 5) is 19.3. The van der Waals surface area contributed by atoms with Gasteiger partial charge in [-0.25, -0.2) is 0 Å². The molecular weight excluding hydrogens is 409 g/mol. The number of hydrogen-bond acceptors (Lipinski definition) is 4. The molecule has 2 aromatic heterocycles. The number of fused-ring (bicyclic) bond motifs is 1. The van der Waals surface area contributed by atoms with Crippen LogP contribution in [0.5, 0.6) is 5.75 Å². The molecule has 1 aliphatic rings. The topological polar surface area (TPSA) is 60.2 Å². The molecule has 31 heavy (non-hydrogen) atoms. The number of alkyl halides is 3. The third kappa shape index (κ3) is 3.75. The number of aromatic nitrogens is 3. The standard InChI is InChI=1S/C22H21F3N4O2/c1-13(19-11-14(31-3)7-9-26-19)29-10-8-16-15(5-4-6-17(16)21(29)30)18-12-28(2)27-20(18)22(23,24)25/h4-7,9,11-13H,8,10H2,1-3H3. The number of ether oxygens (including phenoxy) is 1. The number of nitrogens with zero attached hydrogens (tertiary/aromatic N) is 4. The second-order valence-electron chi connectivity index (χ2n) is 7.44. The smallest absolute Gasteiger partial charge is 0.435 e. The second-order valence-corrected chi connectivity index (χ2v) is 7.44. The van der Waals surface area contributed by atoms with Gasteiger partial charge < -0.3 is 9.64 Å². The molecule has 0 saturated carbocycles. The van der Waals surface area contributed by atoms with Gasteiger partial charge in [-0.3, -0.25) is 14.5 Å². The summed E-state index contributed by atoms with van der Waals surface area (Å²) in [5, 5.41) is 3.60. The molecule has 0 N–H and O–H groups in total. The molecule has 0 fully saturated rings. The highest BCUT2D eigenvalue weighted by molar-refractivity contribution is 5.99. The lowest BCUT2D eigenvalue weighted by Gasteiger charge is -2.34. The van der Waals surface area contributed by atoms with Crippen molar-refractivity contribution in [2.75, 3.05) is 13.7 Å². The van der Waals surface area contributed by atoms with Crippen molar-refractivity contribution in [2.45, 2.75) is 25.6 Å². The monoisotopic (exact) mass is 430 g/mol. The molecule has 3 heterocycles. The van der Waals surface area contributed by atoms with E-state index in [1.807, 2.05) is 6.92 Å². The number of halogens is 3. The number of hydrogen-bond donors (Lipinski definition) is 0. The van der Waals surface area contributed by atoms with E-state index in [0.29, 0.717) is 41.1 Å². The molecule has 6 nitrogen and oxygen atoms in total. The van der Waals surface area contributed by atoms with Crippen molar-refractivity contribution in [3.05, 3.63) is 65.2 Å². The van der Waals surface area contributed by atoms with Gasteiger partial charge in [0.25, 0.3) is 5.91 Å². The van der Waals surface area contributed by atoms with Crippen molar-refractivity contribution in [2.24, 2.45) is 7.05 Å². The number of rotatable bonds is 4. The van der Waals surface area contributed by atoms with Crippen LogP contribution in [0.25, 0.3) is 11.1 Å². The van der Waals surface area contributed by atoms with Gasteiger partial charge in [-0.05, 0) is 36.6 Å². The van der Waals surface area contributed by atoms with Gasteiger partial charge in [0, 0.05) is 43.2 Å². The first-order valence-corrected chi connectivity index (χ1v) is 9.74. The molecule has 162 valence electrons. The Balaban J connectivity index is 1.72. The second kappa shape index (κ2) is 7.72. The predicted octanol–water partition coefficient (Wildman–Crippen LogP) is 4.27. The van der Waals surface area contributed by atoms with Crippen LogP contribution in [0.4, 0.5) is 13.2 Å². The van der Waals surface area contributed by atoms with E-state index in [4.69, 9.17) is 4.74 Å². The fraction of sp³-hybridized carbons (Fsp3) is 0.318. The molecule has 9 heteroatoms. The van der Waals surface area contributed by atoms with Crippen molar-refractivity contribution in [3.8, 4) is 16.9 Å². The van der Waals surface area contributed by atoms with E-state index < -0.39 is 11.9 Å². The lowest BCUT2D eigenvalue weighted by atomic mass is 9.89. The molecule has 0 saturated heterocycles. The lowest BCUT2D eigenvalue weighted by Crippen LogP contribution is -2.39. The highest BCUT2D eigenvalue weighted by Crippen LogP contribution is 2.39. The van der Waals surface area contributed by atoms with E-state index in [2.05, 4.69) is 10.1 Å². The minimum atomic E-state index is -4.59. The first kappa shape index (κ1) is 20.9. The van der Waals surface area contributed by atoms with Crippen molar-refractivity contribution in [3.63, 3.8) is 0 Å². The number of pyridine rings is 1. The molecule has 3 aromatic rings. The summed E-state index contributed by atoms with van der Waals surface area (Å²) < 4.78 is 46.9. The summed E-state index contributed by atoms with van der Waals surface area (Å²) in [6, 6.07) is 8.06. The van der Waals surface area contributed by atoms with Gasteiger partial charge in [0.2, 0.25) is 0 Å². The van der Waals surface area contributed by atoms with Gasteiger partial charge in [0.05, 0.1) is 18.8 Å². The highest BCUT2D eigenvalue weighted by atomic mass is 19.4. The Morgan fingerprint density at radius 1 is 1.16 bits per heavy atom. The van der Waals surface area contributed by atoms with Crippen LogP contribution in [-0.4, -0.2) is 39.2 Å². The van der Waals surface area contributed by atoms with Crippen LogP contribution in [0.1, 0.15) is 40.3 Å². The van der Waals surface area contributed by atoms with Crippen LogP contribution < -0.4 is 4.74 Å². The van der Waals surface area contributed by atoms with Gasteiger partial charge in [-0.2, -0.15) is 18.3 Å². The van der Waals surface area contributed by atoms with E-state index in [9.17, 15) is 18.0 Å². The zero-order valence-corrected chi connectivity index (χ0v) is 17.3. The third-order valence-corrected chi connectivity index (χ3v) is 5.54. The fourth-order valence-corrected chi connectivity index (χ4v) is 4.00. The molecule has 0 bridgehead atoms. The Morgan fingerprint density at radius 2 is 1.90 bits per heavy atom. The van der Waals surface area contributed by atoms with Gasteiger partial charge in [-0.1, -0.05) is 12.1 Å². The average molecular weight is 430 g/mol. The minimum Gasteiger partial charge on any atom is -0.497 e. The Bertz CT molecular complexity index is 1140. The number of carbonyl (C=O) groups is 1. The number of carbonyl (C=O) groups excluding carboxylic acids is 1. The Morgan fingerprint density at radius 3 is 2.61 bits per heavy atom. The van der Waals surface area contributed by atoms with Crippen molar-refractivity contribution in [1.82, 2.24) is 19.7 Å². The molecule has 4 rings (SSSR count). The number of amides is 1. The molecule has 1 unspecified atom stereocenters. The van der Waals surface area contributed by atoms with E-state index >= 15 is 0 Å². The maximum absolute atomic E-state index is 13.5. The van der Waals surface area contributed by atoms with E-state index in [1.165, 1.54) is 13.2 Å². The first-order chi connectivity index (χ1) is 14.7. The van der Waals surface area contributed by atoms with Gasteiger partial charge in [-0.15, -0.1) is 0 Å². The normalized spacial score (nSPS) is 15.0. The van der Waals surface area contributed by atoms with Crippen LogP contribution in [0, 0.1) is 0 Å². The lowest BCUT2D eigenvalue weighted by molar-refractivity contribution is -0.140. The Labute approximate surface area is 177 Å². The Kier molecular flexibility index (Phi) is 5.20. The zero-order chi connectivity index (χ0) is 22.3. The predicted molar refractivity (Wildman–Crippen MR) is 108 cm³/mol. The van der Waals surface area contributed by atoms with Crippen molar-refractivity contribution < 1.29 is 22.7 Å². The van der Waals surface area contributed by atoms with Crippen molar-refractivity contribution in [1.29, 1.82) is 0 Å². The molecule has 1 aliphatic heterocycles. The summed E-state index contributed by atoms with van der Waals surface area (Å²) in [6.07, 6.45) is -1.20. The summed E-state index contributed by atoms with van der Waals surface area (Å²) in [6.45, 7) is 2.24. The van der Waals surface area contributed by atoms with Crippen LogP contribution in [0.2, 0.25) is 0 Å². The summed E-state index contributed by atoms with van der Waals surface area (Å²) in [5.74, 6) is 0.401. The molecule has 0 radical (unpaired) electrons. The minimum absolute atomic E-state index is 0.0180. The largest absolute Gasteiger partial charge is 0.497 e. The SMILES string of the molecule is COc1ccnc(C(C)N2CCc3c(cccc3-c3cn(C)nc3C(F)(F)F)C2=O)c1. The van der Waals surface area contributed by atoms with E-state index in [0.717, 1.165) is 4.68 Å². The molecule has 1 aromatic carbocycles. The summed E-state index contributed by atoms with van der Waals surface area (Å²) in [7, 11) is 3.01. The fourth-order valence-electron chi connectivity index (χ4n) is 4.00. The summed E-state index contributed by atoms with van der Waals surface area (Å²) in [5.41, 5.74) is 1.10. The quantitative estimate of drug-likeness (QED) is 0.620. The third-order valence-electron chi connectivity index (χ3n) is 5.54. The molecule has 1 amide bonds. The van der Waals surface area contributed by atoms with E-state index in [1.54, 1.807) is 48.5 Å². The Hall–Kier alpha value is -3.36.